The summed E-state index contributed by atoms with van der Waals surface area (Å²) < 4.78 is 20.8. The minimum Gasteiger partial charge on any atom is -0.445 e. The van der Waals surface area contributed by atoms with E-state index in [-0.39, 0.29) is 19.3 Å². The monoisotopic (exact) mass is 255 g/mol. The van der Waals surface area contributed by atoms with Crippen molar-refractivity contribution in [1.82, 2.24) is 5.32 Å². The van der Waals surface area contributed by atoms with Gasteiger partial charge < -0.3 is 10.1 Å². The Morgan fingerprint density at radius 1 is 1.47 bits per heavy atom. The molecule has 0 spiro atoms. The van der Waals surface area contributed by atoms with E-state index in [1.807, 2.05) is 30.3 Å². The number of hydrogen-bond donors (Lipinski definition) is 1. The predicted octanol–water partition coefficient (Wildman–Crippen LogP) is 0.975. The molecule has 1 aromatic carbocycles. The van der Waals surface area contributed by atoms with Gasteiger partial charge in [0, 0.05) is 0 Å². The van der Waals surface area contributed by atoms with E-state index in [9.17, 15) is 9.00 Å². The van der Waals surface area contributed by atoms with Gasteiger partial charge in [0.05, 0.1) is 18.4 Å². The molecule has 1 fully saturated rings. The van der Waals surface area contributed by atoms with E-state index >= 15 is 0 Å². The number of carbonyl (C=O) groups is 1. The molecule has 1 amide bonds. The molecular formula is C11H13NO4S. The summed E-state index contributed by atoms with van der Waals surface area (Å²) in [4.78, 5) is 11.4. The smallest absolute Gasteiger partial charge is 0.407 e. The van der Waals surface area contributed by atoms with Crippen molar-refractivity contribution < 1.29 is 17.9 Å². The van der Waals surface area contributed by atoms with Crippen molar-refractivity contribution in [1.29, 1.82) is 0 Å². The molecule has 0 aromatic heterocycles. The van der Waals surface area contributed by atoms with E-state index in [1.54, 1.807) is 0 Å². The summed E-state index contributed by atoms with van der Waals surface area (Å²) in [6.45, 7) is 0.496. The van der Waals surface area contributed by atoms with Gasteiger partial charge in [0.25, 0.3) is 0 Å². The van der Waals surface area contributed by atoms with Crippen LogP contribution in [0.15, 0.2) is 30.3 Å². The molecule has 1 heterocycles. The van der Waals surface area contributed by atoms with Gasteiger partial charge in [-0.3, -0.25) is 4.18 Å². The normalized spacial score (nSPS) is 23.3. The molecule has 1 aliphatic rings. The number of benzene rings is 1. The number of nitrogens with one attached hydrogen (secondary N) is 1. The number of amides is 1. The highest BCUT2D eigenvalue weighted by Gasteiger charge is 2.24. The fraction of sp³-hybridized carbons (Fsp3) is 0.364. The largest absolute Gasteiger partial charge is 0.445 e. The van der Waals surface area contributed by atoms with Crippen molar-refractivity contribution in [2.45, 2.75) is 12.6 Å². The molecule has 5 nitrogen and oxygen atoms in total. The van der Waals surface area contributed by atoms with Crippen LogP contribution in [0.1, 0.15) is 5.56 Å². The topological polar surface area (TPSA) is 64.6 Å². The highest BCUT2D eigenvalue weighted by atomic mass is 32.2. The van der Waals surface area contributed by atoms with Gasteiger partial charge in [-0.05, 0) is 5.56 Å². The summed E-state index contributed by atoms with van der Waals surface area (Å²) in [6.07, 6.45) is -0.513. The van der Waals surface area contributed by atoms with Crippen LogP contribution in [0, 0.1) is 0 Å². The van der Waals surface area contributed by atoms with Crippen LogP contribution in [0.3, 0.4) is 0 Å². The Kier molecular flexibility index (Phi) is 4.11. The Morgan fingerprint density at radius 2 is 2.24 bits per heavy atom. The molecule has 2 atom stereocenters. The molecule has 1 aliphatic heterocycles. The van der Waals surface area contributed by atoms with Crippen molar-refractivity contribution in [3.05, 3.63) is 35.9 Å². The van der Waals surface area contributed by atoms with Gasteiger partial charge in [0.2, 0.25) is 0 Å². The number of ether oxygens (including phenoxy) is 1. The SMILES string of the molecule is O=C(NC1COS(=O)C1)OCc1ccccc1. The first-order chi connectivity index (χ1) is 8.24. The van der Waals surface area contributed by atoms with Gasteiger partial charge in [-0.15, -0.1) is 0 Å². The van der Waals surface area contributed by atoms with Crippen LogP contribution in [0.25, 0.3) is 0 Å². The van der Waals surface area contributed by atoms with Gasteiger partial charge >= 0.3 is 6.09 Å². The van der Waals surface area contributed by atoms with Crippen LogP contribution >= 0.6 is 0 Å². The quantitative estimate of drug-likeness (QED) is 0.874. The molecule has 6 heteroatoms. The van der Waals surface area contributed by atoms with Crippen LogP contribution in [0.2, 0.25) is 0 Å². The van der Waals surface area contributed by atoms with Gasteiger partial charge in [-0.2, -0.15) is 0 Å². The molecule has 0 aliphatic carbocycles. The van der Waals surface area contributed by atoms with E-state index in [2.05, 4.69) is 5.32 Å². The second kappa shape index (κ2) is 5.79. The Balaban J connectivity index is 1.73. The van der Waals surface area contributed by atoms with Gasteiger partial charge in [0.1, 0.15) is 6.61 Å². The molecule has 1 N–H and O–H groups in total. The molecule has 0 radical (unpaired) electrons. The summed E-state index contributed by atoms with van der Waals surface area (Å²) in [5, 5.41) is 2.60. The van der Waals surface area contributed by atoms with Crippen molar-refractivity contribution in [3.8, 4) is 0 Å². The third kappa shape index (κ3) is 3.83. The van der Waals surface area contributed by atoms with Gasteiger partial charge in [-0.1, -0.05) is 30.3 Å². The summed E-state index contributed by atoms with van der Waals surface area (Å²) in [7, 11) is 0. The average molecular weight is 255 g/mol. The third-order valence-corrected chi connectivity index (χ3v) is 3.35. The molecule has 0 saturated carbocycles. The fourth-order valence-electron chi connectivity index (χ4n) is 1.43. The van der Waals surface area contributed by atoms with Gasteiger partial charge in [0.15, 0.2) is 11.1 Å². The lowest BCUT2D eigenvalue weighted by Gasteiger charge is -2.10. The van der Waals surface area contributed by atoms with Crippen LogP contribution in [-0.4, -0.2) is 28.7 Å². The molecule has 2 unspecified atom stereocenters. The summed E-state index contributed by atoms with van der Waals surface area (Å²) in [5.74, 6) is 0.320. The zero-order chi connectivity index (χ0) is 12.1. The Bertz CT molecular complexity index is 409. The van der Waals surface area contributed by atoms with E-state index in [4.69, 9.17) is 8.92 Å². The summed E-state index contributed by atoms with van der Waals surface area (Å²) >= 11 is -1.28. The van der Waals surface area contributed by atoms with Crippen LogP contribution in [0.5, 0.6) is 0 Å². The Labute approximate surface area is 102 Å². The molecule has 1 saturated heterocycles. The van der Waals surface area contributed by atoms with E-state index in [0.29, 0.717) is 5.75 Å². The van der Waals surface area contributed by atoms with E-state index in [0.717, 1.165) is 5.56 Å². The summed E-state index contributed by atoms with van der Waals surface area (Å²) in [5.41, 5.74) is 0.925. The first kappa shape index (κ1) is 12.1. The van der Waals surface area contributed by atoms with Crippen molar-refractivity contribution in [3.63, 3.8) is 0 Å². The van der Waals surface area contributed by atoms with E-state index in [1.165, 1.54) is 0 Å². The number of hydrogen-bond acceptors (Lipinski definition) is 4. The third-order valence-electron chi connectivity index (χ3n) is 2.27. The zero-order valence-electron chi connectivity index (χ0n) is 9.13. The maximum absolute atomic E-state index is 11.4. The first-order valence-corrected chi connectivity index (χ1v) is 6.47. The number of alkyl carbamates (subject to hydrolysis) is 1. The first-order valence-electron chi connectivity index (χ1n) is 5.23. The number of carbonyl (C=O) groups excluding carboxylic acids is 1. The minimum absolute atomic E-state index is 0.223. The lowest BCUT2D eigenvalue weighted by Crippen LogP contribution is -2.37. The second-order valence-electron chi connectivity index (χ2n) is 3.66. The van der Waals surface area contributed by atoms with Gasteiger partial charge in [-0.25, -0.2) is 9.00 Å². The lowest BCUT2D eigenvalue weighted by molar-refractivity contribution is 0.135. The summed E-state index contributed by atoms with van der Waals surface area (Å²) in [6, 6.07) is 9.19. The standard InChI is InChI=1S/C11H13NO4S/c13-11(12-10-7-16-17(14)8-10)15-6-9-4-2-1-3-5-9/h1-5,10H,6-8H2,(H,12,13). The molecule has 17 heavy (non-hydrogen) atoms. The molecule has 0 bridgehead atoms. The minimum atomic E-state index is -1.28. The van der Waals surface area contributed by atoms with Crippen molar-refractivity contribution in [2.75, 3.05) is 12.4 Å². The highest BCUT2D eigenvalue weighted by Crippen LogP contribution is 2.05. The van der Waals surface area contributed by atoms with Crippen LogP contribution in [-0.2, 0) is 26.6 Å². The van der Waals surface area contributed by atoms with Crippen molar-refractivity contribution in [2.24, 2.45) is 0 Å². The highest BCUT2D eigenvalue weighted by molar-refractivity contribution is 7.80. The molecule has 1 aromatic rings. The number of rotatable bonds is 3. The predicted molar refractivity (Wildman–Crippen MR) is 62.5 cm³/mol. The van der Waals surface area contributed by atoms with Crippen molar-refractivity contribution >= 4 is 17.2 Å². The molecular weight excluding hydrogens is 242 g/mol. The Hall–Kier alpha value is -1.40. The fourth-order valence-corrected chi connectivity index (χ4v) is 2.35. The maximum Gasteiger partial charge on any atom is 0.407 e. The van der Waals surface area contributed by atoms with E-state index < -0.39 is 17.2 Å². The second-order valence-corrected chi connectivity index (χ2v) is 4.83. The Morgan fingerprint density at radius 3 is 2.88 bits per heavy atom. The maximum atomic E-state index is 11.4. The average Bonchev–Trinajstić information content (AvgIpc) is 2.73. The molecule has 92 valence electrons. The van der Waals surface area contributed by atoms with Crippen LogP contribution in [0.4, 0.5) is 4.79 Å². The zero-order valence-corrected chi connectivity index (χ0v) is 9.94. The van der Waals surface area contributed by atoms with Crippen LogP contribution < -0.4 is 5.32 Å². The lowest BCUT2D eigenvalue weighted by atomic mass is 10.2. The molecule has 2 rings (SSSR count).